The Morgan fingerprint density at radius 3 is 2.13 bits per heavy atom. The van der Waals surface area contributed by atoms with Gasteiger partial charge in [-0.25, -0.2) is 4.98 Å². The number of aromatic nitrogens is 2. The average Bonchev–Trinajstić information content (AvgIpc) is 3.08. The minimum absolute atomic E-state index is 0.228. The van der Waals surface area contributed by atoms with Gasteiger partial charge in [-0.1, -0.05) is 74.9 Å². The van der Waals surface area contributed by atoms with E-state index in [0.29, 0.717) is 5.92 Å². The van der Waals surface area contributed by atoms with E-state index in [1.165, 1.54) is 38.9 Å². The van der Waals surface area contributed by atoms with Gasteiger partial charge in [0.15, 0.2) is 0 Å². The van der Waals surface area contributed by atoms with Crippen molar-refractivity contribution >= 4 is 11.0 Å². The molecular formula is C29H34N2. The highest BCUT2D eigenvalue weighted by Gasteiger charge is 2.19. The van der Waals surface area contributed by atoms with Gasteiger partial charge in [0, 0.05) is 12.5 Å². The van der Waals surface area contributed by atoms with Crippen LogP contribution in [0.5, 0.6) is 0 Å². The van der Waals surface area contributed by atoms with Crippen molar-refractivity contribution in [3.63, 3.8) is 0 Å². The molecular weight excluding hydrogens is 376 g/mol. The maximum atomic E-state index is 5.10. The van der Waals surface area contributed by atoms with Crippen LogP contribution < -0.4 is 0 Å². The summed E-state index contributed by atoms with van der Waals surface area (Å²) in [4.78, 5) is 5.10. The van der Waals surface area contributed by atoms with Crippen molar-refractivity contribution in [1.29, 1.82) is 0 Å². The van der Waals surface area contributed by atoms with Crippen LogP contribution in [-0.2, 0) is 13.0 Å². The van der Waals surface area contributed by atoms with E-state index in [1.807, 2.05) is 0 Å². The second kappa shape index (κ2) is 8.70. The Bertz CT molecular complexity index is 1170. The lowest BCUT2D eigenvalue weighted by molar-refractivity contribution is 0.646. The fraction of sp³-hybridized carbons (Fsp3) is 0.345. The molecule has 4 aromatic rings. The Balaban J connectivity index is 1.76. The summed E-state index contributed by atoms with van der Waals surface area (Å²) < 4.78 is 2.42. The van der Waals surface area contributed by atoms with Gasteiger partial charge in [0.05, 0.1) is 11.0 Å². The fourth-order valence-electron chi connectivity index (χ4n) is 4.77. The largest absolute Gasteiger partial charge is 0.323 e. The lowest BCUT2D eigenvalue weighted by Gasteiger charge is -2.18. The Labute approximate surface area is 187 Å². The van der Waals surface area contributed by atoms with Crippen LogP contribution in [0.25, 0.3) is 11.0 Å². The molecule has 0 fully saturated rings. The second-order valence-corrected chi connectivity index (χ2v) is 9.48. The molecule has 0 aliphatic rings. The van der Waals surface area contributed by atoms with Crippen molar-refractivity contribution in [2.75, 3.05) is 0 Å². The average molecular weight is 411 g/mol. The first-order valence-electron chi connectivity index (χ1n) is 11.4. The summed E-state index contributed by atoms with van der Waals surface area (Å²) in [5.74, 6) is 2.04. The van der Waals surface area contributed by atoms with E-state index in [-0.39, 0.29) is 5.92 Å². The third-order valence-electron chi connectivity index (χ3n) is 6.35. The highest BCUT2D eigenvalue weighted by Crippen LogP contribution is 2.30. The first-order chi connectivity index (χ1) is 14.8. The summed E-state index contributed by atoms with van der Waals surface area (Å²) in [5.41, 5.74) is 10.4. The molecule has 2 nitrogen and oxygen atoms in total. The van der Waals surface area contributed by atoms with E-state index < -0.39 is 0 Å². The second-order valence-electron chi connectivity index (χ2n) is 9.48. The van der Waals surface area contributed by atoms with Gasteiger partial charge in [-0.3, -0.25) is 0 Å². The zero-order valence-corrected chi connectivity index (χ0v) is 19.7. The van der Waals surface area contributed by atoms with Gasteiger partial charge < -0.3 is 4.57 Å². The molecule has 0 spiro atoms. The van der Waals surface area contributed by atoms with Gasteiger partial charge in [-0.05, 0) is 73.1 Å². The lowest BCUT2D eigenvalue weighted by atomic mass is 9.96. The summed E-state index contributed by atoms with van der Waals surface area (Å²) in [6, 6.07) is 22.2. The number of hydrogen-bond acceptors (Lipinski definition) is 1. The van der Waals surface area contributed by atoms with Crippen molar-refractivity contribution in [3.05, 3.63) is 99.9 Å². The van der Waals surface area contributed by atoms with Gasteiger partial charge >= 0.3 is 0 Å². The first-order valence-corrected chi connectivity index (χ1v) is 11.4. The fourth-order valence-corrected chi connectivity index (χ4v) is 4.77. The Kier molecular flexibility index (Phi) is 6.00. The predicted molar refractivity (Wildman–Crippen MR) is 132 cm³/mol. The molecule has 0 amide bonds. The van der Waals surface area contributed by atoms with Crippen LogP contribution in [0.2, 0.25) is 0 Å². The molecule has 0 saturated heterocycles. The quantitative estimate of drug-likeness (QED) is 0.325. The van der Waals surface area contributed by atoms with Gasteiger partial charge in [0.2, 0.25) is 0 Å². The van der Waals surface area contributed by atoms with Gasteiger partial charge in [-0.2, -0.15) is 0 Å². The number of nitrogens with zero attached hydrogens (tertiary/aromatic N) is 2. The summed E-state index contributed by atoms with van der Waals surface area (Å²) in [7, 11) is 0. The van der Waals surface area contributed by atoms with Crippen molar-refractivity contribution in [3.8, 4) is 0 Å². The molecule has 0 aliphatic carbocycles. The minimum atomic E-state index is 0.228. The maximum absolute atomic E-state index is 5.10. The van der Waals surface area contributed by atoms with E-state index in [0.717, 1.165) is 24.3 Å². The zero-order chi connectivity index (χ0) is 22.1. The number of para-hydroxylation sites is 2. The SMILES string of the molecule is Cc1cc(C)c(Cn2c(C(C)c3ccc(CC(C)C)cc3)nc3ccccc32)c(C)c1. The van der Waals surface area contributed by atoms with Crippen molar-refractivity contribution in [1.82, 2.24) is 9.55 Å². The number of aryl methyl sites for hydroxylation is 3. The van der Waals surface area contributed by atoms with Crippen molar-refractivity contribution < 1.29 is 0 Å². The molecule has 1 unspecified atom stereocenters. The molecule has 160 valence electrons. The first kappa shape index (κ1) is 21.4. The monoisotopic (exact) mass is 410 g/mol. The van der Waals surface area contributed by atoms with Gasteiger partial charge in [0.1, 0.15) is 5.82 Å². The lowest BCUT2D eigenvalue weighted by Crippen LogP contribution is -2.11. The van der Waals surface area contributed by atoms with Crippen LogP contribution in [0, 0.1) is 26.7 Å². The molecule has 0 aliphatic heterocycles. The zero-order valence-electron chi connectivity index (χ0n) is 19.7. The minimum Gasteiger partial charge on any atom is -0.323 e. The molecule has 0 saturated carbocycles. The summed E-state index contributed by atoms with van der Waals surface area (Å²) >= 11 is 0. The number of benzene rings is 3. The summed E-state index contributed by atoms with van der Waals surface area (Å²) in [5, 5.41) is 0. The van der Waals surface area contributed by atoms with Crippen LogP contribution >= 0.6 is 0 Å². The van der Waals surface area contributed by atoms with Gasteiger partial charge in [0.25, 0.3) is 0 Å². The van der Waals surface area contributed by atoms with Crippen molar-refractivity contribution in [2.45, 2.75) is 60.4 Å². The molecule has 0 N–H and O–H groups in total. The summed E-state index contributed by atoms with van der Waals surface area (Å²) in [6.45, 7) is 14.3. The van der Waals surface area contributed by atoms with E-state index in [4.69, 9.17) is 4.98 Å². The topological polar surface area (TPSA) is 17.8 Å². The Morgan fingerprint density at radius 1 is 0.839 bits per heavy atom. The number of hydrogen-bond donors (Lipinski definition) is 0. The predicted octanol–water partition coefficient (Wildman–Crippen LogP) is 7.36. The standard InChI is InChI=1S/C29H34N2/c1-19(2)15-24-11-13-25(14-12-24)23(6)29-30-27-9-7-8-10-28(27)31(29)18-26-21(4)16-20(3)17-22(26)5/h7-14,16-17,19,23H,15,18H2,1-6H3. The molecule has 31 heavy (non-hydrogen) atoms. The number of fused-ring (bicyclic) bond motifs is 1. The van der Waals surface area contributed by atoms with Crippen LogP contribution in [0.15, 0.2) is 60.7 Å². The van der Waals surface area contributed by atoms with Crippen molar-refractivity contribution in [2.24, 2.45) is 5.92 Å². The van der Waals surface area contributed by atoms with E-state index in [9.17, 15) is 0 Å². The Hall–Kier alpha value is -2.87. The van der Waals surface area contributed by atoms with Gasteiger partial charge in [-0.15, -0.1) is 0 Å². The molecule has 0 radical (unpaired) electrons. The molecule has 2 heteroatoms. The molecule has 3 aromatic carbocycles. The van der Waals surface area contributed by atoms with Crippen LogP contribution in [0.1, 0.15) is 65.9 Å². The Morgan fingerprint density at radius 2 is 1.48 bits per heavy atom. The van der Waals surface area contributed by atoms with E-state index in [1.54, 1.807) is 0 Å². The molecule has 1 aromatic heterocycles. The smallest absolute Gasteiger partial charge is 0.117 e. The number of rotatable bonds is 6. The number of imidazole rings is 1. The highest BCUT2D eigenvalue weighted by atomic mass is 15.1. The molecule has 1 atom stereocenters. The normalized spacial score (nSPS) is 12.6. The van der Waals surface area contributed by atoms with Crippen LogP contribution in [0.3, 0.4) is 0 Å². The van der Waals surface area contributed by atoms with Crippen LogP contribution in [0.4, 0.5) is 0 Å². The van der Waals surface area contributed by atoms with Crippen LogP contribution in [-0.4, -0.2) is 9.55 Å². The molecule has 4 rings (SSSR count). The maximum Gasteiger partial charge on any atom is 0.117 e. The summed E-state index contributed by atoms with van der Waals surface area (Å²) in [6.07, 6.45) is 1.12. The third kappa shape index (κ3) is 4.44. The van der Waals surface area contributed by atoms with E-state index >= 15 is 0 Å². The van der Waals surface area contributed by atoms with E-state index in [2.05, 4.69) is 107 Å². The third-order valence-corrected chi connectivity index (χ3v) is 6.35. The molecule has 0 bridgehead atoms. The highest BCUT2D eigenvalue weighted by molar-refractivity contribution is 5.76. The molecule has 1 heterocycles.